The van der Waals surface area contributed by atoms with E-state index in [0.717, 1.165) is 25.2 Å². The van der Waals surface area contributed by atoms with Crippen molar-refractivity contribution in [1.29, 1.82) is 0 Å². The molecule has 16 heavy (non-hydrogen) atoms. The van der Waals surface area contributed by atoms with Crippen molar-refractivity contribution in [2.24, 2.45) is 11.5 Å². The van der Waals surface area contributed by atoms with Crippen LogP contribution in [-0.4, -0.2) is 27.2 Å². The van der Waals surface area contributed by atoms with E-state index < -0.39 is 0 Å². The van der Waals surface area contributed by atoms with Gasteiger partial charge in [0.05, 0.1) is 6.54 Å². The van der Waals surface area contributed by atoms with E-state index in [1.807, 2.05) is 18.4 Å². The molecule has 1 aliphatic heterocycles. The first-order valence-electron chi connectivity index (χ1n) is 5.57. The second-order valence-electron chi connectivity index (χ2n) is 4.42. The first-order chi connectivity index (χ1) is 7.59. The smallest absolute Gasteiger partial charge is 0.335 e. The monoisotopic (exact) mass is 224 g/mol. The molecule has 0 spiro atoms. The Morgan fingerprint density at radius 1 is 1.50 bits per heavy atom. The average molecular weight is 224 g/mol. The zero-order valence-electron chi connectivity index (χ0n) is 9.68. The lowest BCUT2D eigenvalue weighted by atomic mass is 10.2. The van der Waals surface area contributed by atoms with Crippen LogP contribution in [0.2, 0.25) is 0 Å². The van der Waals surface area contributed by atoms with Gasteiger partial charge >= 0.3 is 5.96 Å². The minimum atomic E-state index is 0.0463. The van der Waals surface area contributed by atoms with E-state index in [0.29, 0.717) is 11.9 Å². The van der Waals surface area contributed by atoms with E-state index in [4.69, 9.17) is 16.0 Å². The first kappa shape index (κ1) is 10.9. The van der Waals surface area contributed by atoms with E-state index in [2.05, 4.69) is 10.1 Å². The van der Waals surface area contributed by atoms with Crippen LogP contribution in [0.25, 0.3) is 0 Å². The molecule has 2 heterocycles. The van der Waals surface area contributed by atoms with E-state index in [-0.39, 0.29) is 12.0 Å². The highest BCUT2D eigenvalue weighted by Crippen LogP contribution is 2.27. The van der Waals surface area contributed by atoms with Crippen LogP contribution < -0.4 is 11.5 Å². The molecule has 0 saturated carbocycles. The van der Waals surface area contributed by atoms with Gasteiger partial charge in [-0.1, -0.05) is 19.0 Å². The molecule has 6 nitrogen and oxygen atoms in total. The van der Waals surface area contributed by atoms with E-state index in [1.54, 1.807) is 0 Å². The first-order valence-corrected chi connectivity index (χ1v) is 5.57. The summed E-state index contributed by atoms with van der Waals surface area (Å²) >= 11 is 0. The molecule has 1 aromatic rings. The third-order valence-corrected chi connectivity index (χ3v) is 2.84. The van der Waals surface area contributed by atoms with Crippen LogP contribution in [0, 0.1) is 0 Å². The number of nitrogens with zero attached hydrogens (tertiary/aromatic N) is 3. The summed E-state index contributed by atoms with van der Waals surface area (Å²) in [6, 6.07) is 0.0463. The van der Waals surface area contributed by atoms with E-state index >= 15 is 0 Å². The zero-order valence-corrected chi connectivity index (χ0v) is 9.68. The van der Waals surface area contributed by atoms with Gasteiger partial charge in [0.15, 0.2) is 11.9 Å². The highest BCUT2D eigenvalue weighted by molar-refractivity contribution is 5.70. The average Bonchev–Trinajstić information content (AvgIpc) is 2.86. The lowest BCUT2D eigenvalue weighted by molar-refractivity contribution is -0.555. The molecular weight excluding hydrogens is 206 g/mol. The fraction of sp³-hybridized carbons (Fsp3) is 0.700. The number of hydrogen-bond donors (Lipinski definition) is 2. The molecule has 1 aromatic heterocycles. The van der Waals surface area contributed by atoms with Crippen molar-refractivity contribution in [3.63, 3.8) is 0 Å². The van der Waals surface area contributed by atoms with Crippen LogP contribution >= 0.6 is 0 Å². The molecule has 0 unspecified atom stereocenters. The summed E-state index contributed by atoms with van der Waals surface area (Å²) in [6.45, 7) is 4.92. The van der Waals surface area contributed by atoms with Crippen molar-refractivity contribution in [2.45, 2.75) is 38.6 Å². The Balaban J connectivity index is 2.27. The molecule has 6 heteroatoms. The fourth-order valence-corrected chi connectivity index (χ4v) is 1.95. The molecule has 0 aliphatic carbocycles. The summed E-state index contributed by atoms with van der Waals surface area (Å²) in [6.07, 6.45) is 2.00. The van der Waals surface area contributed by atoms with Gasteiger partial charge in [0.1, 0.15) is 0 Å². The Kier molecular flexibility index (Phi) is 2.80. The molecule has 0 radical (unpaired) electrons. The minimum Gasteiger partial charge on any atom is -0.335 e. The fourth-order valence-electron chi connectivity index (χ4n) is 1.95. The number of rotatable bonds is 2. The third kappa shape index (κ3) is 1.87. The molecule has 4 N–H and O–H groups in total. The summed E-state index contributed by atoms with van der Waals surface area (Å²) in [5.41, 5.74) is 11.2. The van der Waals surface area contributed by atoms with Crippen LogP contribution in [0.4, 0.5) is 0 Å². The Labute approximate surface area is 94.3 Å². The van der Waals surface area contributed by atoms with E-state index in [1.165, 1.54) is 0 Å². The second-order valence-corrected chi connectivity index (χ2v) is 4.42. The highest BCUT2D eigenvalue weighted by atomic mass is 16.5. The summed E-state index contributed by atoms with van der Waals surface area (Å²) < 4.78 is 7.18. The summed E-state index contributed by atoms with van der Waals surface area (Å²) in [4.78, 5) is 4.38. The van der Waals surface area contributed by atoms with Crippen molar-refractivity contribution in [3.8, 4) is 0 Å². The minimum absolute atomic E-state index is 0.0463. The number of nitrogens with two attached hydrogens (primary N) is 2. The lowest BCUT2D eigenvalue weighted by Gasteiger charge is -2.07. The van der Waals surface area contributed by atoms with Crippen molar-refractivity contribution in [1.82, 2.24) is 10.1 Å². The van der Waals surface area contributed by atoms with Gasteiger partial charge in [-0.15, -0.1) is 0 Å². The number of hydrogen-bond acceptors (Lipinski definition) is 3. The molecule has 1 atom stereocenters. The predicted molar refractivity (Wildman–Crippen MR) is 58.9 cm³/mol. The van der Waals surface area contributed by atoms with Gasteiger partial charge < -0.3 is 4.52 Å². The molecule has 1 aliphatic rings. The Bertz CT molecular complexity index is 405. The molecular formula is C10H18N5O+. The van der Waals surface area contributed by atoms with Gasteiger partial charge in [0.25, 0.3) is 5.89 Å². The van der Waals surface area contributed by atoms with Gasteiger partial charge in [0, 0.05) is 5.92 Å². The standard InChI is InChI=1S/C10H17N5O/c1-6(2)8-13-9(16-14-8)7-4-3-5-15(7)10(11)12/h6-7H,3-5H2,1-2H3,(H3,11,12)/p+1/t7-/m0/s1. The van der Waals surface area contributed by atoms with Crippen molar-refractivity contribution in [2.75, 3.05) is 6.54 Å². The van der Waals surface area contributed by atoms with Gasteiger partial charge in [0.2, 0.25) is 0 Å². The molecule has 2 rings (SSSR count). The molecule has 0 aromatic carbocycles. The molecule has 1 fully saturated rings. The Morgan fingerprint density at radius 2 is 2.25 bits per heavy atom. The van der Waals surface area contributed by atoms with Gasteiger partial charge in [-0.05, 0) is 12.8 Å². The second kappa shape index (κ2) is 4.11. The zero-order chi connectivity index (χ0) is 11.7. The van der Waals surface area contributed by atoms with Crippen molar-refractivity contribution >= 4 is 5.96 Å². The van der Waals surface area contributed by atoms with Crippen LogP contribution in [0.5, 0.6) is 0 Å². The predicted octanol–water partition coefficient (Wildman–Crippen LogP) is 0.314. The van der Waals surface area contributed by atoms with Gasteiger partial charge in [-0.3, -0.25) is 16.0 Å². The van der Waals surface area contributed by atoms with Crippen LogP contribution in [0.15, 0.2) is 4.52 Å². The van der Waals surface area contributed by atoms with Crippen molar-refractivity contribution < 1.29 is 9.10 Å². The quantitative estimate of drug-likeness (QED) is 0.557. The van der Waals surface area contributed by atoms with Crippen LogP contribution in [-0.2, 0) is 0 Å². The summed E-state index contributed by atoms with van der Waals surface area (Å²) in [7, 11) is 0. The Morgan fingerprint density at radius 3 is 2.81 bits per heavy atom. The SMILES string of the molecule is CC(C)c1noc([C@@H]2CCC[N+]2=C(N)N)n1. The Hall–Kier alpha value is -1.59. The normalized spacial score (nSPS) is 20.7. The van der Waals surface area contributed by atoms with Crippen molar-refractivity contribution in [3.05, 3.63) is 11.7 Å². The lowest BCUT2D eigenvalue weighted by Crippen LogP contribution is -2.35. The molecule has 0 bridgehead atoms. The van der Waals surface area contributed by atoms with Gasteiger partial charge in [-0.25, -0.2) is 0 Å². The summed E-state index contributed by atoms with van der Waals surface area (Å²) in [5, 5.41) is 3.95. The molecule has 1 saturated heterocycles. The van der Waals surface area contributed by atoms with E-state index in [9.17, 15) is 0 Å². The van der Waals surface area contributed by atoms with Gasteiger partial charge in [-0.2, -0.15) is 4.98 Å². The number of aromatic nitrogens is 2. The van der Waals surface area contributed by atoms with Crippen LogP contribution in [0.1, 0.15) is 50.4 Å². The maximum absolute atomic E-state index is 5.62. The molecule has 88 valence electrons. The maximum atomic E-state index is 5.62. The number of guanidine groups is 1. The third-order valence-electron chi connectivity index (χ3n) is 2.84. The highest BCUT2D eigenvalue weighted by Gasteiger charge is 2.31. The van der Waals surface area contributed by atoms with Crippen LogP contribution in [0.3, 0.4) is 0 Å². The summed E-state index contributed by atoms with van der Waals surface area (Å²) in [5.74, 6) is 1.95. The maximum Gasteiger partial charge on any atom is 0.341 e. The topological polar surface area (TPSA) is 94.0 Å². The molecule has 0 amide bonds. The largest absolute Gasteiger partial charge is 0.341 e.